The van der Waals surface area contributed by atoms with Crippen LogP contribution in [0.25, 0.3) is 11.4 Å². The molecule has 0 fully saturated rings. The Kier molecular flexibility index (Phi) is 6.41. The average molecular weight is 465 g/mol. The molecule has 0 aliphatic heterocycles. The van der Waals surface area contributed by atoms with Gasteiger partial charge in [-0.15, -0.1) is 10.2 Å². The van der Waals surface area contributed by atoms with E-state index in [1.165, 1.54) is 36.0 Å². The Balaban J connectivity index is 1.54. The summed E-state index contributed by atoms with van der Waals surface area (Å²) < 4.78 is 7.32. The standard InChI is InChI=1S/C22H19N5O5S/c1-14(21(29)23-16-6-8-17(9-7-16)27(30)31)33-22-25-24-20(15-4-10-18(28)11-5-15)26(22)13-19-3-2-12-32-19/h2-12,14,28H,13H2,1H3,(H,23,29)/t14-/m0/s1. The number of hydrogen-bond acceptors (Lipinski definition) is 8. The van der Waals surface area contributed by atoms with Crippen LogP contribution in [-0.2, 0) is 11.3 Å². The highest BCUT2D eigenvalue weighted by Crippen LogP contribution is 2.29. The molecule has 1 atom stereocenters. The predicted molar refractivity (Wildman–Crippen MR) is 122 cm³/mol. The molecule has 168 valence electrons. The summed E-state index contributed by atoms with van der Waals surface area (Å²) in [4.78, 5) is 23.0. The molecule has 4 aromatic rings. The van der Waals surface area contributed by atoms with Crippen molar-refractivity contribution in [1.82, 2.24) is 14.8 Å². The third-order valence-electron chi connectivity index (χ3n) is 4.73. The molecule has 0 radical (unpaired) electrons. The monoisotopic (exact) mass is 465 g/mol. The Morgan fingerprint density at radius 2 is 1.91 bits per heavy atom. The zero-order chi connectivity index (χ0) is 23.4. The summed E-state index contributed by atoms with van der Waals surface area (Å²) in [5.74, 6) is 1.12. The molecular weight excluding hydrogens is 446 g/mol. The van der Waals surface area contributed by atoms with Gasteiger partial charge in [-0.3, -0.25) is 19.5 Å². The van der Waals surface area contributed by atoms with Crippen molar-refractivity contribution in [2.75, 3.05) is 5.32 Å². The number of aromatic nitrogens is 3. The number of nitro benzene ring substituents is 1. The van der Waals surface area contributed by atoms with E-state index in [2.05, 4.69) is 15.5 Å². The van der Waals surface area contributed by atoms with Crippen LogP contribution in [0.3, 0.4) is 0 Å². The fraction of sp³-hybridized carbons (Fsp3) is 0.136. The average Bonchev–Trinajstić information content (AvgIpc) is 3.45. The van der Waals surface area contributed by atoms with E-state index in [4.69, 9.17) is 4.42 Å². The fourth-order valence-corrected chi connectivity index (χ4v) is 3.87. The number of phenols is 1. The van der Waals surface area contributed by atoms with Crippen molar-refractivity contribution in [3.05, 3.63) is 82.8 Å². The van der Waals surface area contributed by atoms with Crippen molar-refractivity contribution in [3.63, 3.8) is 0 Å². The first-order chi connectivity index (χ1) is 15.9. The van der Waals surface area contributed by atoms with Crippen molar-refractivity contribution in [2.45, 2.75) is 23.9 Å². The Morgan fingerprint density at radius 3 is 2.55 bits per heavy atom. The number of hydrogen-bond donors (Lipinski definition) is 2. The molecule has 0 bridgehead atoms. The van der Waals surface area contributed by atoms with Crippen LogP contribution in [0.5, 0.6) is 5.75 Å². The zero-order valence-electron chi connectivity index (χ0n) is 17.4. The van der Waals surface area contributed by atoms with E-state index in [9.17, 15) is 20.0 Å². The molecule has 2 aromatic heterocycles. The topological polar surface area (TPSA) is 136 Å². The van der Waals surface area contributed by atoms with E-state index in [-0.39, 0.29) is 17.3 Å². The number of amides is 1. The van der Waals surface area contributed by atoms with Crippen LogP contribution >= 0.6 is 11.8 Å². The summed E-state index contributed by atoms with van der Waals surface area (Å²) in [6.45, 7) is 2.09. The molecule has 2 N–H and O–H groups in total. The molecule has 4 rings (SSSR count). The van der Waals surface area contributed by atoms with E-state index < -0.39 is 10.2 Å². The van der Waals surface area contributed by atoms with Gasteiger partial charge >= 0.3 is 0 Å². The second-order valence-corrected chi connectivity index (χ2v) is 8.38. The van der Waals surface area contributed by atoms with Gasteiger partial charge in [0.1, 0.15) is 11.5 Å². The third kappa shape index (κ3) is 5.21. The molecular formula is C22H19N5O5S. The SMILES string of the molecule is C[C@H](Sc1nnc(-c2ccc(O)cc2)n1Cc1ccco1)C(=O)Nc1ccc([N+](=O)[O-])cc1. The molecule has 2 aromatic carbocycles. The normalized spacial score (nSPS) is 11.8. The number of furan rings is 1. The zero-order valence-corrected chi connectivity index (χ0v) is 18.2. The molecule has 0 aliphatic carbocycles. The molecule has 0 unspecified atom stereocenters. The molecule has 0 saturated carbocycles. The number of aromatic hydroxyl groups is 1. The Hall–Kier alpha value is -4.12. The van der Waals surface area contributed by atoms with Crippen LogP contribution in [-0.4, -0.2) is 36.0 Å². The van der Waals surface area contributed by atoms with Gasteiger partial charge in [-0.25, -0.2) is 0 Å². The maximum Gasteiger partial charge on any atom is 0.269 e. The van der Waals surface area contributed by atoms with Crippen molar-refractivity contribution in [1.29, 1.82) is 0 Å². The van der Waals surface area contributed by atoms with E-state index in [1.54, 1.807) is 43.5 Å². The number of phenolic OH excluding ortho intramolecular Hbond substituents is 1. The fourth-order valence-electron chi connectivity index (χ4n) is 3.02. The van der Waals surface area contributed by atoms with Gasteiger partial charge in [0, 0.05) is 23.4 Å². The maximum absolute atomic E-state index is 12.7. The number of anilines is 1. The van der Waals surface area contributed by atoms with Crippen LogP contribution in [0.1, 0.15) is 12.7 Å². The van der Waals surface area contributed by atoms with Gasteiger partial charge in [-0.1, -0.05) is 11.8 Å². The van der Waals surface area contributed by atoms with Crippen molar-refractivity contribution in [3.8, 4) is 17.1 Å². The maximum atomic E-state index is 12.7. The lowest BCUT2D eigenvalue weighted by molar-refractivity contribution is -0.384. The number of carbonyl (C=O) groups is 1. The smallest absolute Gasteiger partial charge is 0.269 e. The minimum absolute atomic E-state index is 0.0526. The number of rotatable bonds is 8. The molecule has 33 heavy (non-hydrogen) atoms. The van der Waals surface area contributed by atoms with E-state index in [0.29, 0.717) is 29.0 Å². The summed E-state index contributed by atoms with van der Waals surface area (Å²) in [5.41, 5.74) is 1.16. The van der Waals surface area contributed by atoms with E-state index >= 15 is 0 Å². The number of thioether (sulfide) groups is 1. The Bertz CT molecular complexity index is 1250. The van der Waals surface area contributed by atoms with Gasteiger partial charge in [0.15, 0.2) is 11.0 Å². The minimum Gasteiger partial charge on any atom is -0.508 e. The first-order valence-corrected chi connectivity index (χ1v) is 10.8. The van der Waals surface area contributed by atoms with Gasteiger partial charge in [0.2, 0.25) is 5.91 Å². The molecule has 10 nitrogen and oxygen atoms in total. The predicted octanol–water partition coefficient (Wildman–Crippen LogP) is 4.32. The van der Waals surface area contributed by atoms with Gasteiger partial charge in [-0.2, -0.15) is 0 Å². The number of carbonyl (C=O) groups excluding carboxylic acids is 1. The summed E-state index contributed by atoms with van der Waals surface area (Å²) in [5, 5.41) is 31.7. The van der Waals surface area contributed by atoms with Crippen LogP contribution in [0.2, 0.25) is 0 Å². The Morgan fingerprint density at radius 1 is 1.18 bits per heavy atom. The lowest BCUT2D eigenvalue weighted by Gasteiger charge is -2.13. The van der Waals surface area contributed by atoms with Gasteiger partial charge < -0.3 is 14.8 Å². The van der Waals surface area contributed by atoms with Crippen LogP contribution in [0.15, 0.2) is 76.5 Å². The summed E-state index contributed by atoms with van der Waals surface area (Å²) in [6, 6.07) is 15.8. The van der Waals surface area contributed by atoms with Crippen molar-refractivity contribution < 1.29 is 19.2 Å². The van der Waals surface area contributed by atoms with Crippen LogP contribution < -0.4 is 5.32 Å². The number of nitrogens with zero attached hydrogens (tertiary/aromatic N) is 4. The summed E-state index contributed by atoms with van der Waals surface area (Å²) >= 11 is 1.22. The first kappa shape index (κ1) is 22.1. The number of benzene rings is 2. The van der Waals surface area contributed by atoms with Gasteiger partial charge in [0.25, 0.3) is 5.69 Å². The highest BCUT2D eigenvalue weighted by atomic mass is 32.2. The largest absolute Gasteiger partial charge is 0.508 e. The van der Waals surface area contributed by atoms with E-state index in [1.807, 2.05) is 10.6 Å². The van der Waals surface area contributed by atoms with Crippen molar-refractivity contribution in [2.24, 2.45) is 0 Å². The second-order valence-electron chi connectivity index (χ2n) is 7.07. The Labute approximate surface area is 192 Å². The first-order valence-electron chi connectivity index (χ1n) is 9.87. The third-order valence-corrected chi connectivity index (χ3v) is 5.81. The quantitative estimate of drug-likeness (QED) is 0.223. The second kappa shape index (κ2) is 9.57. The molecule has 0 saturated heterocycles. The van der Waals surface area contributed by atoms with Gasteiger partial charge in [0.05, 0.1) is 23.0 Å². The molecule has 0 aliphatic rings. The van der Waals surface area contributed by atoms with Crippen LogP contribution in [0.4, 0.5) is 11.4 Å². The highest BCUT2D eigenvalue weighted by Gasteiger charge is 2.22. The number of nitrogens with one attached hydrogen (secondary N) is 1. The lowest BCUT2D eigenvalue weighted by atomic mass is 10.2. The summed E-state index contributed by atoms with van der Waals surface area (Å²) in [6.07, 6.45) is 1.58. The highest BCUT2D eigenvalue weighted by molar-refractivity contribution is 8.00. The van der Waals surface area contributed by atoms with Crippen molar-refractivity contribution >= 4 is 29.0 Å². The molecule has 11 heteroatoms. The number of nitro groups is 1. The van der Waals surface area contributed by atoms with E-state index in [0.717, 1.165) is 5.56 Å². The minimum atomic E-state index is -0.535. The van der Waals surface area contributed by atoms with Crippen LogP contribution in [0, 0.1) is 10.1 Å². The lowest BCUT2D eigenvalue weighted by Crippen LogP contribution is -2.23. The summed E-state index contributed by atoms with van der Waals surface area (Å²) in [7, 11) is 0. The molecule has 2 heterocycles. The molecule has 0 spiro atoms. The molecule has 1 amide bonds. The number of non-ortho nitro benzene ring substituents is 1. The van der Waals surface area contributed by atoms with Gasteiger partial charge in [-0.05, 0) is 55.5 Å².